The zero-order chi connectivity index (χ0) is 31.8. The summed E-state index contributed by atoms with van der Waals surface area (Å²) < 4.78 is 87.4. The van der Waals surface area contributed by atoms with Gasteiger partial charge in [-0.3, -0.25) is 4.90 Å². The summed E-state index contributed by atoms with van der Waals surface area (Å²) >= 11 is 0.787. The molecule has 5 heterocycles. The predicted molar refractivity (Wildman–Crippen MR) is 164 cm³/mol. The van der Waals surface area contributed by atoms with E-state index in [0.717, 1.165) is 74.9 Å². The van der Waals surface area contributed by atoms with Gasteiger partial charge >= 0.3 is 12.2 Å². The lowest BCUT2D eigenvalue weighted by Crippen LogP contribution is -2.51. The van der Waals surface area contributed by atoms with Crippen molar-refractivity contribution >= 4 is 43.4 Å². The monoisotopic (exact) mass is 661 g/mol. The minimum atomic E-state index is -4.96. The van der Waals surface area contributed by atoms with Gasteiger partial charge in [0.1, 0.15) is 17.2 Å². The van der Waals surface area contributed by atoms with Gasteiger partial charge in [0.05, 0.1) is 35.6 Å². The van der Waals surface area contributed by atoms with Crippen molar-refractivity contribution in [3.63, 3.8) is 0 Å². The molecule has 1 aliphatic carbocycles. The molecule has 0 radical (unpaired) electrons. The fraction of sp³-hybridized carbons (Fsp3) is 0.516. The number of nitrogens with one attached hydrogen (secondary N) is 1. The van der Waals surface area contributed by atoms with Gasteiger partial charge in [-0.1, -0.05) is 11.3 Å². The molecule has 0 unspecified atom stereocenters. The summed E-state index contributed by atoms with van der Waals surface area (Å²) in [5, 5.41) is 3.41. The summed E-state index contributed by atoms with van der Waals surface area (Å²) in [4.78, 5) is 17.4. The van der Waals surface area contributed by atoms with E-state index in [-0.39, 0.29) is 61.1 Å². The highest BCUT2D eigenvalue weighted by Gasteiger charge is 2.45. The number of halogens is 5. The van der Waals surface area contributed by atoms with Crippen molar-refractivity contribution in [2.24, 2.45) is 5.41 Å². The molecular weight excluding hydrogens is 629 g/mol. The predicted octanol–water partition coefficient (Wildman–Crippen LogP) is 5.22. The second kappa shape index (κ2) is 11.1. The van der Waals surface area contributed by atoms with E-state index in [4.69, 9.17) is 15.2 Å². The molecule has 8 rings (SSSR count). The van der Waals surface area contributed by atoms with Gasteiger partial charge in [-0.25, -0.2) is 13.8 Å². The van der Waals surface area contributed by atoms with Gasteiger partial charge in [-0.2, -0.15) is 23.1 Å². The molecule has 3 N–H and O–H groups in total. The fourth-order valence-corrected chi connectivity index (χ4v) is 7.89. The molecule has 1 saturated carbocycles. The summed E-state index contributed by atoms with van der Waals surface area (Å²) in [5.41, 5.74) is 3.05. The highest BCUT2D eigenvalue weighted by atomic mass is 32.1. The summed E-state index contributed by atoms with van der Waals surface area (Å²) in [6, 6.07) is 3.21. The molecule has 15 heteroatoms. The third kappa shape index (κ3) is 5.40. The van der Waals surface area contributed by atoms with Crippen LogP contribution in [0, 0.1) is 17.0 Å². The van der Waals surface area contributed by atoms with Crippen LogP contribution in [0.15, 0.2) is 18.2 Å². The number of hydrogen-bond donors (Lipinski definition) is 2. The number of rotatable bonds is 7. The van der Waals surface area contributed by atoms with E-state index in [1.54, 1.807) is 0 Å². The average Bonchev–Trinajstić information content (AvgIpc) is 3.54. The first-order valence-corrected chi connectivity index (χ1v) is 16.3. The third-order valence-electron chi connectivity index (χ3n) is 9.62. The van der Waals surface area contributed by atoms with Crippen LogP contribution in [0.1, 0.15) is 31.2 Å². The van der Waals surface area contributed by atoms with Crippen LogP contribution < -0.4 is 20.7 Å². The van der Waals surface area contributed by atoms with Gasteiger partial charge in [-0.15, -0.1) is 0 Å². The third-order valence-corrected chi connectivity index (χ3v) is 10.5. The maximum absolute atomic E-state index is 16.8. The molecular formula is C31H32F5N7O2S. The van der Waals surface area contributed by atoms with Crippen LogP contribution in [0.4, 0.5) is 32.9 Å². The van der Waals surface area contributed by atoms with Crippen molar-refractivity contribution in [3.8, 4) is 17.1 Å². The van der Waals surface area contributed by atoms with Gasteiger partial charge in [0.15, 0.2) is 10.9 Å². The van der Waals surface area contributed by atoms with E-state index in [0.29, 0.717) is 32.9 Å². The van der Waals surface area contributed by atoms with E-state index >= 15 is 4.39 Å². The fourth-order valence-electron chi connectivity index (χ4n) is 7.12. The Morgan fingerprint density at radius 2 is 1.78 bits per heavy atom. The molecule has 244 valence electrons. The summed E-state index contributed by atoms with van der Waals surface area (Å²) in [6.07, 6.45) is -1.19. The maximum Gasteiger partial charge on any atom is 0.417 e. The SMILES string of the molecule is Nc1nc2c(-c3c(C(F)(F)F)cc4c(N5C[C@H]6CC[C@@H](C5)N6)nc(OCC5(CN6CCOCC6)CC5)nc4c3F)ccc(F)c2s1. The first kappa shape index (κ1) is 30.0. The Bertz CT molecular complexity index is 1810. The first-order valence-electron chi connectivity index (χ1n) is 15.5. The number of aromatic nitrogens is 3. The summed E-state index contributed by atoms with van der Waals surface area (Å²) in [7, 11) is 0. The van der Waals surface area contributed by atoms with E-state index in [1.165, 1.54) is 0 Å². The van der Waals surface area contributed by atoms with E-state index in [2.05, 4.69) is 25.2 Å². The van der Waals surface area contributed by atoms with Crippen LogP contribution in [0.5, 0.6) is 6.01 Å². The van der Waals surface area contributed by atoms with Crippen LogP contribution in [0.3, 0.4) is 0 Å². The second-order valence-corrected chi connectivity index (χ2v) is 13.9. The number of benzene rings is 2. The molecule has 3 aliphatic heterocycles. The lowest BCUT2D eigenvalue weighted by Gasteiger charge is -2.34. The molecule has 2 aromatic heterocycles. The minimum absolute atomic E-state index is 0.0455. The average molecular weight is 662 g/mol. The first-order chi connectivity index (χ1) is 22.1. The van der Waals surface area contributed by atoms with Crippen molar-refractivity contribution in [2.75, 3.05) is 63.2 Å². The van der Waals surface area contributed by atoms with Gasteiger partial charge < -0.3 is 25.4 Å². The van der Waals surface area contributed by atoms with Crippen LogP contribution in [0.2, 0.25) is 0 Å². The number of nitrogen functional groups attached to an aromatic ring is 1. The maximum atomic E-state index is 16.8. The van der Waals surface area contributed by atoms with E-state index in [9.17, 15) is 17.6 Å². The van der Waals surface area contributed by atoms with Crippen LogP contribution in [-0.4, -0.2) is 84.5 Å². The van der Waals surface area contributed by atoms with E-state index < -0.39 is 28.9 Å². The van der Waals surface area contributed by atoms with Crippen molar-refractivity contribution < 1.29 is 31.4 Å². The Morgan fingerprint density at radius 3 is 2.48 bits per heavy atom. The molecule has 9 nitrogen and oxygen atoms in total. The Labute approximate surface area is 264 Å². The number of nitrogens with zero attached hydrogens (tertiary/aromatic N) is 5. The highest BCUT2D eigenvalue weighted by molar-refractivity contribution is 7.22. The molecule has 46 heavy (non-hydrogen) atoms. The van der Waals surface area contributed by atoms with E-state index in [1.807, 2.05) is 4.90 Å². The molecule has 4 aliphatic rings. The number of fused-ring (bicyclic) bond motifs is 4. The summed E-state index contributed by atoms with van der Waals surface area (Å²) in [5.74, 6) is -1.71. The Balaban J connectivity index is 1.26. The van der Waals surface area contributed by atoms with Crippen molar-refractivity contribution in [2.45, 2.75) is 43.9 Å². The summed E-state index contributed by atoms with van der Waals surface area (Å²) in [6.45, 7) is 5.15. The Kier molecular flexibility index (Phi) is 7.23. The molecule has 2 atom stereocenters. The zero-order valence-corrected chi connectivity index (χ0v) is 25.6. The molecule has 4 aromatic rings. The number of alkyl halides is 3. The van der Waals surface area contributed by atoms with Crippen molar-refractivity contribution in [3.05, 3.63) is 35.4 Å². The highest BCUT2D eigenvalue weighted by Crippen LogP contribution is 2.48. The van der Waals surface area contributed by atoms with Gasteiger partial charge in [0.2, 0.25) is 0 Å². The number of ether oxygens (including phenoxy) is 2. The lowest BCUT2D eigenvalue weighted by molar-refractivity contribution is -0.137. The largest absolute Gasteiger partial charge is 0.463 e. The zero-order valence-electron chi connectivity index (χ0n) is 24.8. The van der Waals surface area contributed by atoms with Gasteiger partial charge in [0.25, 0.3) is 0 Å². The number of anilines is 2. The normalized spacial score (nSPS) is 23.0. The van der Waals surface area contributed by atoms with Crippen LogP contribution in [-0.2, 0) is 10.9 Å². The number of hydrogen-bond acceptors (Lipinski definition) is 10. The Morgan fingerprint density at radius 1 is 1.04 bits per heavy atom. The molecule has 2 bridgehead atoms. The molecule has 0 amide bonds. The van der Waals surface area contributed by atoms with Crippen LogP contribution in [0.25, 0.3) is 32.2 Å². The minimum Gasteiger partial charge on any atom is -0.463 e. The van der Waals surface area contributed by atoms with Gasteiger partial charge in [0, 0.05) is 66.7 Å². The standard InChI is InChI=1S/C31H32F5N7O2S/c32-21-4-3-18(25-26(21)46-28(37)39-25)22-20(31(34,35)36)11-19-24(23(22)33)40-29(41-27(19)43-12-16-1-2-17(13-43)38-16)45-15-30(5-6-30)14-42-7-9-44-10-8-42/h3-4,11,16-17,38H,1-2,5-10,12-15H2,(H2,37,39)/t16-,17+. The smallest absolute Gasteiger partial charge is 0.417 e. The second-order valence-electron chi connectivity index (χ2n) is 12.9. The molecule has 2 aromatic carbocycles. The lowest BCUT2D eigenvalue weighted by atomic mass is 9.95. The number of piperazine rings is 1. The van der Waals surface area contributed by atoms with Crippen LogP contribution >= 0.6 is 11.3 Å². The number of thiazole rings is 1. The van der Waals surface area contributed by atoms with Crippen molar-refractivity contribution in [1.82, 2.24) is 25.2 Å². The molecule has 4 fully saturated rings. The number of morpholine rings is 1. The quantitative estimate of drug-likeness (QED) is 0.259. The molecule has 0 spiro atoms. The Hall–Kier alpha value is -3.40. The number of nitrogens with two attached hydrogens (primary N) is 1. The topological polar surface area (TPSA) is 102 Å². The molecule has 3 saturated heterocycles. The van der Waals surface area contributed by atoms with Gasteiger partial charge in [-0.05, 0) is 43.9 Å². The van der Waals surface area contributed by atoms with Crippen molar-refractivity contribution in [1.29, 1.82) is 0 Å².